The van der Waals surface area contributed by atoms with Crippen LogP contribution in [0.1, 0.15) is 22.8 Å². The molecule has 0 atom stereocenters. The molecule has 3 rings (SSSR count). The summed E-state index contributed by atoms with van der Waals surface area (Å²) in [5, 5.41) is 2.74. The highest BCUT2D eigenvalue weighted by atomic mass is 32.1. The number of hydrogen-bond acceptors (Lipinski definition) is 5. The maximum atomic E-state index is 12.3. The normalized spacial score (nSPS) is 10.8. The van der Waals surface area contributed by atoms with E-state index < -0.39 is 5.97 Å². The average Bonchev–Trinajstić information content (AvgIpc) is 3.16. The van der Waals surface area contributed by atoms with Gasteiger partial charge in [-0.25, -0.2) is 9.78 Å². The molecule has 0 fully saturated rings. The van der Waals surface area contributed by atoms with Crippen LogP contribution in [0, 0.1) is 0 Å². The van der Waals surface area contributed by atoms with Crippen molar-refractivity contribution in [3.63, 3.8) is 0 Å². The van der Waals surface area contributed by atoms with Crippen LogP contribution in [-0.4, -0.2) is 23.8 Å². The van der Waals surface area contributed by atoms with Gasteiger partial charge in [-0.2, -0.15) is 0 Å². The quantitative estimate of drug-likeness (QED) is 0.369. The number of Topliss-reactive ketones (excluding diaryl/α,β-unsaturated/α-hetero) is 1. The van der Waals surface area contributed by atoms with Crippen LogP contribution in [-0.2, 0) is 9.53 Å². The van der Waals surface area contributed by atoms with E-state index in [9.17, 15) is 9.59 Å². The molecule has 0 radical (unpaired) electrons. The summed E-state index contributed by atoms with van der Waals surface area (Å²) in [6, 6.07) is 15.4. The van der Waals surface area contributed by atoms with E-state index in [1.165, 1.54) is 31.4 Å². The van der Waals surface area contributed by atoms with Crippen molar-refractivity contribution in [2.45, 2.75) is 6.92 Å². The van der Waals surface area contributed by atoms with E-state index in [2.05, 4.69) is 4.74 Å². The lowest BCUT2D eigenvalue weighted by atomic mass is 9.97. The Bertz CT molecular complexity index is 974. The minimum atomic E-state index is -0.467. The zero-order valence-electron chi connectivity index (χ0n) is 14.4. The maximum absolute atomic E-state index is 12.3. The van der Waals surface area contributed by atoms with Crippen molar-refractivity contribution in [2.24, 2.45) is 0 Å². The van der Waals surface area contributed by atoms with Gasteiger partial charge >= 0.3 is 5.97 Å². The van der Waals surface area contributed by atoms with E-state index >= 15 is 0 Å². The lowest BCUT2D eigenvalue weighted by molar-refractivity contribution is -0.134. The number of carbonyl (C=O) groups is 2. The summed E-state index contributed by atoms with van der Waals surface area (Å²) in [5.41, 5.74) is 3.87. The summed E-state index contributed by atoms with van der Waals surface area (Å²) in [6.07, 6.45) is 2.90. The van der Waals surface area contributed by atoms with E-state index in [0.717, 1.165) is 21.8 Å². The standard InChI is InChI=1S/C21H17NO3S/c1-14(23)20-16(11-12-19(24)25-2)9-6-10-17(20)21-22-18(13-26-21)15-7-4-3-5-8-15/h3-13H,1-2H3/b12-11+. The molecule has 130 valence electrons. The number of rotatable bonds is 5. The molecule has 2 aromatic carbocycles. The molecular formula is C21H17NO3S. The molecule has 1 aromatic heterocycles. The Morgan fingerprint density at radius 3 is 2.54 bits per heavy atom. The van der Waals surface area contributed by atoms with Crippen LogP contribution in [0.5, 0.6) is 0 Å². The topological polar surface area (TPSA) is 56.3 Å². The van der Waals surface area contributed by atoms with Gasteiger partial charge in [0, 0.05) is 28.1 Å². The monoisotopic (exact) mass is 363 g/mol. The SMILES string of the molecule is COC(=O)/C=C/c1cccc(-c2nc(-c3ccccc3)cs2)c1C(C)=O. The fraction of sp³-hybridized carbons (Fsp3) is 0.0952. The molecule has 4 nitrogen and oxygen atoms in total. The Morgan fingerprint density at radius 1 is 1.08 bits per heavy atom. The highest BCUT2D eigenvalue weighted by Crippen LogP contribution is 2.33. The number of methoxy groups -OCH3 is 1. The fourth-order valence-electron chi connectivity index (χ4n) is 2.65. The number of ketones is 1. The Balaban J connectivity index is 2.05. The van der Waals surface area contributed by atoms with E-state index in [0.29, 0.717) is 11.1 Å². The minimum Gasteiger partial charge on any atom is -0.466 e. The molecule has 0 saturated carbocycles. The zero-order chi connectivity index (χ0) is 18.5. The van der Waals surface area contributed by atoms with Crippen molar-refractivity contribution in [3.8, 4) is 21.8 Å². The molecule has 0 saturated heterocycles. The third-order valence-corrected chi connectivity index (χ3v) is 4.73. The van der Waals surface area contributed by atoms with Crippen LogP contribution < -0.4 is 0 Å². The van der Waals surface area contributed by atoms with Crippen LogP contribution in [0.25, 0.3) is 27.9 Å². The van der Waals surface area contributed by atoms with Crippen LogP contribution in [0.4, 0.5) is 0 Å². The molecule has 26 heavy (non-hydrogen) atoms. The van der Waals surface area contributed by atoms with Crippen LogP contribution in [0.2, 0.25) is 0 Å². The van der Waals surface area contributed by atoms with Gasteiger partial charge in [0.15, 0.2) is 5.78 Å². The third-order valence-electron chi connectivity index (χ3n) is 3.85. The van der Waals surface area contributed by atoms with E-state index in [4.69, 9.17) is 4.98 Å². The van der Waals surface area contributed by atoms with Crippen molar-refractivity contribution in [1.29, 1.82) is 0 Å². The lowest BCUT2D eigenvalue weighted by Crippen LogP contribution is -2.00. The number of thiazole rings is 1. The lowest BCUT2D eigenvalue weighted by Gasteiger charge is -2.08. The molecule has 0 unspecified atom stereocenters. The van der Waals surface area contributed by atoms with Crippen LogP contribution in [0.15, 0.2) is 60.0 Å². The predicted octanol–water partition coefficient (Wildman–Crippen LogP) is 4.87. The Morgan fingerprint density at radius 2 is 1.85 bits per heavy atom. The first kappa shape index (κ1) is 17.8. The number of ether oxygens (including phenoxy) is 1. The van der Waals surface area contributed by atoms with Crippen LogP contribution in [0.3, 0.4) is 0 Å². The Kier molecular flexibility index (Phi) is 5.39. The molecular weight excluding hydrogens is 346 g/mol. The molecule has 0 amide bonds. The molecule has 0 aliphatic heterocycles. The summed E-state index contributed by atoms with van der Waals surface area (Å²) in [5.74, 6) is -0.549. The molecule has 0 bridgehead atoms. The van der Waals surface area contributed by atoms with Crippen molar-refractivity contribution in [2.75, 3.05) is 7.11 Å². The number of aromatic nitrogens is 1. The Labute approximate surface area is 155 Å². The number of benzene rings is 2. The second-order valence-corrected chi connectivity index (χ2v) is 6.44. The van der Waals surface area contributed by atoms with Crippen molar-refractivity contribution in [1.82, 2.24) is 4.98 Å². The van der Waals surface area contributed by atoms with Gasteiger partial charge in [-0.15, -0.1) is 11.3 Å². The van der Waals surface area contributed by atoms with Gasteiger partial charge in [0.05, 0.1) is 12.8 Å². The highest BCUT2D eigenvalue weighted by Gasteiger charge is 2.16. The van der Waals surface area contributed by atoms with Gasteiger partial charge in [0.2, 0.25) is 0 Å². The van der Waals surface area contributed by atoms with E-state index in [1.54, 1.807) is 12.1 Å². The largest absolute Gasteiger partial charge is 0.466 e. The third kappa shape index (κ3) is 3.78. The van der Waals surface area contributed by atoms with Crippen molar-refractivity contribution < 1.29 is 14.3 Å². The second-order valence-electron chi connectivity index (χ2n) is 5.59. The zero-order valence-corrected chi connectivity index (χ0v) is 15.2. The van der Waals surface area contributed by atoms with E-state index in [1.807, 2.05) is 47.8 Å². The molecule has 5 heteroatoms. The summed E-state index contributed by atoms with van der Waals surface area (Å²) in [4.78, 5) is 28.4. The molecule has 0 spiro atoms. The highest BCUT2D eigenvalue weighted by molar-refractivity contribution is 7.13. The molecule has 1 heterocycles. The molecule has 0 aliphatic rings. The summed E-state index contributed by atoms with van der Waals surface area (Å²) < 4.78 is 4.62. The summed E-state index contributed by atoms with van der Waals surface area (Å²) in [6.45, 7) is 1.51. The fourth-order valence-corrected chi connectivity index (χ4v) is 3.51. The van der Waals surface area contributed by atoms with Crippen molar-refractivity contribution in [3.05, 3.63) is 71.1 Å². The Hall–Kier alpha value is -3.05. The minimum absolute atomic E-state index is 0.0819. The number of carbonyl (C=O) groups excluding carboxylic acids is 2. The van der Waals surface area contributed by atoms with Gasteiger partial charge in [0.1, 0.15) is 5.01 Å². The van der Waals surface area contributed by atoms with Crippen LogP contribution >= 0.6 is 11.3 Å². The molecule has 3 aromatic rings. The first-order valence-electron chi connectivity index (χ1n) is 8.01. The summed E-state index contributed by atoms with van der Waals surface area (Å²) in [7, 11) is 1.32. The number of nitrogens with zero attached hydrogens (tertiary/aromatic N) is 1. The van der Waals surface area contributed by atoms with Crippen molar-refractivity contribution >= 4 is 29.2 Å². The first-order chi connectivity index (χ1) is 12.6. The first-order valence-corrected chi connectivity index (χ1v) is 8.89. The number of esters is 1. The van der Waals surface area contributed by atoms with Gasteiger partial charge < -0.3 is 4.74 Å². The van der Waals surface area contributed by atoms with E-state index in [-0.39, 0.29) is 5.78 Å². The van der Waals surface area contributed by atoms with Gasteiger partial charge in [-0.05, 0) is 18.6 Å². The summed E-state index contributed by atoms with van der Waals surface area (Å²) >= 11 is 1.49. The smallest absolute Gasteiger partial charge is 0.330 e. The molecule has 0 N–H and O–H groups in total. The second kappa shape index (κ2) is 7.89. The molecule has 0 aliphatic carbocycles. The average molecular weight is 363 g/mol. The maximum Gasteiger partial charge on any atom is 0.330 e. The van der Waals surface area contributed by atoms with Gasteiger partial charge in [-0.3, -0.25) is 4.79 Å². The van der Waals surface area contributed by atoms with Gasteiger partial charge in [0.25, 0.3) is 0 Å². The van der Waals surface area contributed by atoms with Gasteiger partial charge in [-0.1, -0.05) is 48.5 Å². The predicted molar refractivity (Wildman–Crippen MR) is 104 cm³/mol. The number of hydrogen-bond donors (Lipinski definition) is 0.